The maximum Gasteiger partial charge on any atom is 0.248 e. The third-order valence-electron chi connectivity index (χ3n) is 4.21. The van der Waals surface area contributed by atoms with Gasteiger partial charge in [-0.15, -0.1) is 11.3 Å². The molecule has 5 nitrogen and oxygen atoms in total. The topological polar surface area (TPSA) is 63.2 Å². The summed E-state index contributed by atoms with van der Waals surface area (Å²) >= 11 is 1.42. The van der Waals surface area contributed by atoms with Crippen molar-refractivity contribution in [3.05, 3.63) is 59.5 Å². The van der Waals surface area contributed by atoms with Gasteiger partial charge in [0.15, 0.2) is 5.13 Å². The average Bonchev–Trinajstić information content (AvgIpc) is 3.28. The highest BCUT2D eigenvalue weighted by molar-refractivity contribution is 7.14. The van der Waals surface area contributed by atoms with Crippen LogP contribution in [0.2, 0.25) is 0 Å². The van der Waals surface area contributed by atoms with Crippen LogP contribution in [0.1, 0.15) is 5.56 Å². The summed E-state index contributed by atoms with van der Waals surface area (Å²) in [6, 6.07) is 15.4. The molecule has 4 rings (SSSR count). The van der Waals surface area contributed by atoms with Gasteiger partial charge < -0.3 is 15.4 Å². The molecule has 1 amide bonds. The Labute approximate surface area is 149 Å². The van der Waals surface area contributed by atoms with Gasteiger partial charge in [-0.2, -0.15) is 0 Å². The summed E-state index contributed by atoms with van der Waals surface area (Å²) in [5.74, 6) is 0.742. The molecule has 0 saturated carbocycles. The number of methoxy groups -OCH3 is 1. The first-order valence-corrected chi connectivity index (χ1v) is 8.86. The molecule has 0 saturated heterocycles. The molecule has 1 aliphatic rings. The summed E-state index contributed by atoms with van der Waals surface area (Å²) in [5, 5.41) is 8.71. The minimum atomic E-state index is -0.259. The van der Waals surface area contributed by atoms with Crippen molar-refractivity contribution in [3.63, 3.8) is 0 Å². The fourth-order valence-corrected chi connectivity index (χ4v) is 3.60. The van der Waals surface area contributed by atoms with E-state index in [-0.39, 0.29) is 11.9 Å². The maximum absolute atomic E-state index is 12.5. The number of nitrogens with zero attached hydrogens (tertiary/aromatic N) is 1. The Morgan fingerprint density at radius 3 is 2.80 bits per heavy atom. The van der Waals surface area contributed by atoms with Crippen molar-refractivity contribution < 1.29 is 9.53 Å². The highest BCUT2D eigenvalue weighted by Gasteiger charge is 2.26. The first-order chi connectivity index (χ1) is 12.2. The zero-order valence-corrected chi connectivity index (χ0v) is 14.5. The molecular weight excluding hydrogens is 334 g/mol. The quantitative estimate of drug-likeness (QED) is 0.751. The fourth-order valence-electron chi connectivity index (χ4n) is 2.87. The van der Waals surface area contributed by atoms with E-state index in [0.29, 0.717) is 11.6 Å². The Kier molecular flexibility index (Phi) is 4.11. The average molecular weight is 351 g/mol. The number of aromatic nitrogens is 1. The van der Waals surface area contributed by atoms with Gasteiger partial charge in [0.25, 0.3) is 0 Å². The first kappa shape index (κ1) is 15.7. The lowest BCUT2D eigenvalue weighted by molar-refractivity contribution is -0.116. The Morgan fingerprint density at radius 2 is 2.04 bits per heavy atom. The van der Waals surface area contributed by atoms with E-state index >= 15 is 0 Å². The summed E-state index contributed by atoms with van der Waals surface area (Å²) in [7, 11) is 1.64. The predicted molar refractivity (Wildman–Crippen MR) is 100 cm³/mol. The molecule has 0 bridgehead atoms. The molecule has 2 heterocycles. The van der Waals surface area contributed by atoms with Crippen LogP contribution >= 0.6 is 11.3 Å². The van der Waals surface area contributed by atoms with Gasteiger partial charge in [0.1, 0.15) is 11.8 Å². The van der Waals surface area contributed by atoms with E-state index in [2.05, 4.69) is 15.6 Å². The maximum atomic E-state index is 12.5. The summed E-state index contributed by atoms with van der Waals surface area (Å²) in [6.45, 7) is 0. The van der Waals surface area contributed by atoms with Crippen LogP contribution in [0.5, 0.6) is 5.75 Å². The monoisotopic (exact) mass is 351 g/mol. The van der Waals surface area contributed by atoms with Gasteiger partial charge in [-0.05, 0) is 35.9 Å². The van der Waals surface area contributed by atoms with E-state index in [0.717, 1.165) is 22.7 Å². The number of para-hydroxylation sites is 1. The van der Waals surface area contributed by atoms with Crippen molar-refractivity contribution in [2.75, 3.05) is 17.7 Å². The highest BCUT2D eigenvalue weighted by atomic mass is 32.1. The van der Waals surface area contributed by atoms with E-state index in [1.807, 2.05) is 53.9 Å². The van der Waals surface area contributed by atoms with E-state index in [1.165, 1.54) is 16.9 Å². The van der Waals surface area contributed by atoms with Crippen LogP contribution in [0.4, 0.5) is 10.8 Å². The van der Waals surface area contributed by atoms with Crippen molar-refractivity contribution >= 4 is 28.1 Å². The van der Waals surface area contributed by atoms with Gasteiger partial charge in [0, 0.05) is 23.1 Å². The SMILES string of the molecule is COc1ccc(-c2csc(NC(=O)C3Cc4ccccc4N3)n2)cc1. The van der Waals surface area contributed by atoms with Crippen LogP contribution in [0, 0.1) is 0 Å². The second-order valence-electron chi connectivity index (χ2n) is 5.81. The van der Waals surface area contributed by atoms with Crippen LogP contribution in [-0.4, -0.2) is 24.0 Å². The number of ether oxygens (including phenoxy) is 1. The number of anilines is 2. The lowest BCUT2D eigenvalue weighted by Crippen LogP contribution is -2.32. The zero-order valence-electron chi connectivity index (χ0n) is 13.7. The molecule has 3 aromatic rings. The van der Waals surface area contributed by atoms with Crippen molar-refractivity contribution in [2.24, 2.45) is 0 Å². The molecule has 0 spiro atoms. The van der Waals surface area contributed by atoms with E-state index < -0.39 is 0 Å². The largest absolute Gasteiger partial charge is 0.497 e. The van der Waals surface area contributed by atoms with Crippen LogP contribution in [0.3, 0.4) is 0 Å². The summed E-state index contributed by atoms with van der Waals surface area (Å²) in [5.41, 5.74) is 4.02. The number of hydrogen-bond donors (Lipinski definition) is 2. The minimum absolute atomic E-state index is 0.0631. The van der Waals surface area contributed by atoms with Gasteiger partial charge in [-0.1, -0.05) is 18.2 Å². The van der Waals surface area contributed by atoms with Gasteiger partial charge in [-0.3, -0.25) is 4.79 Å². The number of thiazole rings is 1. The van der Waals surface area contributed by atoms with Gasteiger partial charge in [0.2, 0.25) is 5.91 Å². The highest BCUT2D eigenvalue weighted by Crippen LogP contribution is 2.28. The number of fused-ring (bicyclic) bond motifs is 1. The Balaban J connectivity index is 1.43. The van der Waals surface area contributed by atoms with Gasteiger partial charge in [-0.25, -0.2) is 4.98 Å². The first-order valence-electron chi connectivity index (χ1n) is 7.98. The molecule has 1 unspecified atom stereocenters. The second kappa shape index (κ2) is 6.57. The molecule has 0 fully saturated rings. The van der Waals surface area contributed by atoms with Crippen LogP contribution in [-0.2, 0) is 11.2 Å². The normalized spacial score (nSPS) is 15.3. The predicted octanol–water partition coefficient (Wildman–Crippen LogP) is 3.79. The van der Waals surface area contributed by atoms with E-state index in [4.69, 9.17) is 4.74 Å². The number of nitrogens with one attached hydrogen (secondary N) is 2. The Hall–Kier alpha value is -2.86. The molecule has 2 aromatic carbocycles. The molecule has 126 valence electrons. The van der Waals surface area contributed by atoms with E-state index in [1.54, 1.807) is 7.11 Å². The third kappa shape index (κ3) is 3.21. The molecule has 1 atom stereocenters. The molecular formula is C19H17N3O2S. The second-order valence-corrected chi connectivity index (χ2v) is 6.67. The summed E-state index contributed by atoms with van der Waals surface area (Å²) < 4.78 is 5.16. The van der Waals surface area contributed by atoms with Crippen LogP contribution < -0.4 is 15.4 Å². The van der Waals surface area contributed by atoms with Crippen LogP contribution in [0.25, 0.3) is 11.3 Å². The molecule has 1 aliphatic heterocycles. The number of amides is 1. The molecule has 0 radical (unpaired) electrons. The molecule has 2 N–H and O–H groups in total. The van der Waals surface area contributed by atoms with Crippen molar-refractivity contribution in [2.45, 2.75) is 12.5 Å². The molecule has 0 aliphatic carbocycles. The van der Waals surface area contributed by atoms with Crippen LogP contribution in [0.15, 0.2) is 53.9 Å². The zero-order chi connectivity index (χ0) is 17.2. The van der Waals surface area contributed by atoms with Crippen molar-refractivity contribution in [1.82, 2.24) is 4.98 Å². The van der Waals surface area contributed by atoms with Gasteiger partial charge >= 0.3 is 0 Å². The smallest absolute Gasteiger partial charge is 0.248 e. The van der Waals surface area contributed by atoms with E-state index in [9.17, 15) is 4.79 Å². The standard InChI is InChI=1S/C19H17N3O2S/c1-24-14-8-6-12(7-9-14)17-11-25-19(21-17)22-18(23)16-10-13-4-2-3-5-15(13)20-16/h2-9,11,16,20H,10H2,1H3,(H,21,22,23). The Bertz CT molecular complexity index is 880. The lowest BCUT2D eigenvalue weighted by Gasteiger charge is -2.10. The Morgan fingerprint density at radius 1 is 1.24 bits per heavy atom. The number of carbonyl (C=O) groups is 1. The minimum Gasteiger partial charge on any atom is -0.497 e. The molecule has 6 heteroatoms. The number of hydrogen-bond acceptors (Lipinski definition) is 5. The lowest BCUT2D eigenvalue weighted by atomic mass is 10.1. The third-order valence-corrected chi connectivity index (χ3v) is 4.97. The number of benzene rings is 2. The molecule has 25 heavy (non-hydrogen) atoms. The van der Waals surface area contributed by atoms with Crippen molar-refractivity contribution in [1.29, 1.82) is 0 Å². The van der Waals surface area contributed by atoms with Crippen molar-refractivity contribution in [3.8, 4) is 17.0 Å². The summed E-state index contributed by atoms with van der Waals surface area (Å²) in [6.07, 6.45) is 0.693. The number of carbonyl (C=O) groups excluding carboxylic acids is 1. The fraction of sp³-hybridized carbons (Fsp3) is 0.158. The summed E-state index contributed by atoms with van der Waals surface area (Å²) in [4.78, 5) is 17.0. The number of rotatable bonds is 4. The molecule has 1 aromatic heterocycles. The van der Waals surface area contributed by atoms with Gasteiger partial charge in [0.05, 0.1) is 12.8 Å².